The zero-order chi connectivity index (χ0) is 19.2. The molecule has 0 atom stereocenters. The van der Waals surface area contributed by atoms with Crippen molar-refractivity contribution >= 4 is 40.5 Å². The lowest BCUT2D eigenvalue weighted by atomic mass is 10.2. The maximum atomic E-state index is 12.3. The first-order valence-corrected chi connectivity index (χ1v) is 8.42. The zero-order valence-corrected chi connectivity index (χ0v) is 15.2. The first-order valence-electron chi connectivity index (χ1n) is 8.04. The highest BCUT2D eigenvalue weighted by Crippen LogP contribution is 2.24. The predicted molar refractivity (Wildman–Crippen MR) is 105 cm³/mol. The van der Waals surface area contributed by atoms with Gasteiger partial charge in [-0.3, -0.25) is 4.79 Å². The summed E-state index contributed by atoms with van der Waals surface area (Å²) in [5.41, 5.74) is 2.68. The molecule has 1 aromatic heterocycles. The summed E-state index contributed by atoms with van der Waals surface area (Å²) in [5, 5.41) is 6.46. The highest BCUT2D eigenvalue weighted by Gasteiger charge is 2.10. The normalized spacial score (nSPS) is 10.1. The predicted octanol–water partition coefficient (Wildman–Crippen LogP) is 4.52. The molecule has 0 aliphatic rings. The van der Waals surface area contributed by atoms with Crippen molar-refractivity contribution in [1.82, 2.24) is 4.98 Å². The molecule has 0 bridgehead atoms. The zero-order valence-electron chi connectivity index (χ0n) is 14.4. The van der Waals surface area contributed by atoms with Crippen molar-refractivity contribution in [3.8, 4) is 0 Å². The van der Waals surface area contributed by atoms with Crippen LogP contribution in [0.5, 0.6) is 0 Å². The molecule has 3 rings (SSSR count). The van der Waals surface area contributed by atoms with E-state index in [2.05, 4.69) is 20.4 Å². The highest BCUT2D eigenvalue weighted by molar-refractivity contribution is 6.33. The molecule has 0 radical (unpaired) electrons. The van der Waals surface area contributed by atoms with Gasteiger partial charge in [0.25, 0.3) is 5.91 Å². The Labute approximate surface area is 161 Å². The third kappa shape index (κ3) is 4.62. The van der Waals surface area contributed by atoms with Gasteiger partial charge in [-0.2, -0.15) is 0 Å². The van der Waals surface area contributed by atoms with E-state index in [0.29, 0.717) is 22.0 Å². The van der Waals surface area contributed by atoms with Crippen LogP contribution in [0, 0.1) is 0 Å². The molecule has 0 aliphatic heterocycles. The molecule has 2 N–H and O–H groups in total. The van der Waals surface area contributed by atoms with Gasteiger partial charge in [0.2, 0.25) is 0 Å². The smallest absolute Gasteiger partial charge is 0.337 e. The number of hydrogen-bond donors (Lipinski definition) is 2. The van der Waals surface area contributed by atoms with Crippen LogP contribution in [-0.2, 0) is 4.74 Å². The second-order valence-corrected chi connectivity index (χ2v) is 5.97. The second-order valence-electron chi connectivity index (χ2n) is 5.56. The Morgan fingerprint density at radius 2 is 1.67 bits per heavy atom. The Balaban J connectivity index is 1.65. The number of nitrogens with zero attached hydrogens (tertiary/aromatic N) is 1. The summed E-state index contributed by atoms with van der Waals surface area (Å²) in [6.45, 7) is 0. The van der Waals surface area contributed by atoms with Crippen LogP contribution in [-0.4, -0.2) is 24.0 Å². The fraction of sp³-hybridized carbons (Fsp3) is 0.0500. The van der Waals surface area contributed by atoms with E-state index < -0.39 is 5.97 Å². The van der Waals surface area contributed by atoms with Gasteiger partial charge >= 0.3 is 5.97 Å². The van der Waals surface area contributed by atoms with Crippen LogP contribution < -0.4 is 10.6 Å². The number of anilines is 3. The van der Waals surface area contributed by atoms with Crippen molar-refractivity contribution in [1.29, 1.82) is 0 Å². The van der Waals surface area contributed by atoms with Crippen LogP contribution in [0.15, 0.2) is 66.9 Å². The van der Waals surface area contributed by atoms with Crippen molar-refractivity contribution in [3.63, 3.8) is 0 Å². The number of ether oxygens (including phenoxy) is 1. The van der Waals surface area contributed by atoms with Crippen molar-refractivity contribution in [2.75, 3.05) is 17.7 Å². The number of hydrogen-bond acceptors (Lipinski definition) is 5. The van der Waals surface area contributed by atoms with E-state index in [4.69, 9.17) is 11.6 Å². The van der Waals surface area contributed by atoms with E-state index >= 15 is 0 Å². The minimum Gasteiger partial charge on any atom is -0.465 e. The van der Waals surface area contributed by atoms with Gasteiger partial charge < -0.3 is 15.4 Å². The maximum absolute atomic E-state index is 12.3. The monoisotopic (exact) mass is 381 g/mol. The lowest BCUT2D eigenvalue weighted by molar-refractivity contribution is 0.0600. The Bertz CT molecular complexity index is 957. The van der Waals surface area contributed by atoms with Gasteiger partial charge in [-0.1, -0.05) is 23.7 Å². The number of methoxy groups -OCH3 is 1. The number of carbonyl (C=O) groups excluding carboxylic acids is 2. The molecule has 3 aromatic rings. The van der Waals surface area contributed by atoms with Gasteiger partial charge in [0.05, 0.1) is 35.3 Å². The molecule has 7 heteroatoms. The number of aromatic nitrogens is 1. The number of amides is 1. The summed E-state index contributed by atoms with van der Waals surface area (Å²) in [7, 11) is 1.31. The van der Waals surface area contributed by atoms with Crippen LogP contribution in [0.3, 0.4) is 0 Å². The molecular weight excluding hydrogens is 366 g/mol. The van der Waals surface area contributed by atoms with Crippen LogP contribution >= 0.6 is 11.6 Å². The summed E-state index contributed by atoms with van der Waals surface area (Å²) in [6.07, 6.45) is 1.55. The molecule has 136 valence electrons. The van der Waals surface area contributed by atoms with Crippen molar-refractivity contribution in [2.45, 2.75) is 0 Å². The second kappa shape index (κ2) is 8.33. The molecule has 0 spiro atoms. The molecule has 6 nitrogen and oxygen atoms in total. The Morgan fingerprint density at radius 1 is 0.963 bits per heavy atom. The van der Waals surface area contributed by atoms with E-state index in [0.717, 1.165) is 5.69 Å². The number of para-hydroxylation sites is 1. The summed E-state index contributed by atoms with van der Waals surface area (Å²) in [5.74, 6) is -0.790. The lowest BCUT2D eigenvalue weighted by Gasteiger charge is -2.09. The molecule has 0 saturated heterocycles. The summed E-state index contributed by atoms with van der Waals surface area (Å²) in [4.78, 5) is 27.9. The number of nitrogens with one attached hydrogen (secondary N) is 2. The molecule has 1 heterocycles. The fourth-order valence-corrected chi connectivity index (χ4v) is 2.51. The van der Waals surface area contributed by atoms with Crippen LogP contribution in [0.1, 0.15) is 20.8 Å². The molecule has 27 heavy (non-hydrogen) atoms. The summed E-state index contributed by atoms with van der Waals surface area (Å²) in [6, 6.07) is 17.1. The minimum atomic E-state index is -0.434. The van der Waals surface area contributed by atoms with Crippen LogP contribution in [0.2, 0.25) is 5.02 Å². The van der Waals surface area contributed by atoms with Crippen molar-refractivity contribution in [3.05, 3.63) is 83.1 Å². The van der Waals surface area contributed by atoms with E-state index in [1.807, 2.05) is 18.2 Å². The molecular formula is C20H16ClN3O3. The highest BCUT2D eigenvalue weighted by atomic mass is 35.5. The molecule has 0 fully saturated rings. The van der Waals surface area contributed by atoms with Gasteiger partial charge in [-0.15, -0.1) is 0 Å². The number of pyridine rings is 1. The summed E-state index contributed by atoms with van der Waals surface area (Å²) < 4.78 is 4.64. The van der Waals surface area contributed by atoms with Gasteiger partial charge in [-0.05, 0) is 48.5 Å². The Hall–Kier alpha value is -3.38. The van der Waals surface area contributed by atoms with E-state index in [1.54, 1.807) is 48.7 Å². The summed E-state index contributed by atoms with van der Waals surface area (Å²) >= 11 is 6.11. The quantitative estimate of drug-likeness (QED) is 0.635. The third-order valence-electron chi connectivity index (χ3n) is 3.71. The van der Waals surface area contributed by atoms with E-state index in [1.165, 1.54) is 7.11 Å². The fourth-order valence-electron chi connectivity index (χ4n) is 2.32. The number of benzene rings is 2. The molecule has 0 unspecified atom stereocenters. The lowest BCUT2D eigenvalue weighted by Crippen LogP contribution is -2.13. The Morgan fingerprint density at radius 3 is 2.30 bits per heavy atom. The van der Waals surface area contributed by atoms with Crippen LogP contribution in [0.25, 0.3) is 0 Å². The molecule has 2 aromatic carbocycles. The van der Waals surface area contributed by atoms with Crippen molar-refractivity contribution in [2.24, 2.45) is 0 Å². The van der Waals surface area contributed by atoms with Gasteiger partial charge in [0.15, 0.2) is 0 Å². The van der Waals surface area contributed by atoms with Gasteiger partial charge in [-0.25, -0.2) is 9.78 Å². The maximum Gasteiger partial charge on any atom is 0.337 e. The minimum absolute atomic E-state index is 0.261. The first-order chi connectivity index (χ1) is 13.1. The van der Waals surface area contributed by atoms with E-state index in [-0.39, 0.29) is 11.6 Å². The number of esters is 1. The average molecular weight is 382 g/mol. The first kappa shape index (κ1) is 18.4. The Kier molecular flexibility index (Phi) is 5.68. The van der Waals surface area contributed by atoms with Crippen molar-refractivity contribution < 1.29 is 14.3 Å². The molecule has 1 amide bonds. The van der Waals surface area contributed by atoms with Gasteiger partial charge in [0, 0.05) is 5.69 Å². The van der Waals surface area contributed by atoms with Crippen LogP contribution in [0.4, 0.5) is 17.1 Å². The molecule has 0 aliphatic carbocycles. The van der Waals surface area contributed by atoms with E-state index in [9.17, 15) is 9.59 Å². The SMILES string of the molecule is COC(=O)c1ccc(NC(=O)c2ccc(Nc3ccccc3Cl)cn2)cc1. The topological polar surface area (TPSA) is 80.3 Å². The third-order valence-corrected chi connectivity index (χ3v) is 4.04. The number of rotatable bonds is 5. The number of halogens is 1. The average Bonchev–Trinajstić information content (AvgIpc) is 2.70. The standard InChI is InChI=1S/C20H16ClN3O3/c1-27-20(26)13-6-8-14(9-7-13)24-19(25)18-11-10-15(12-22-18)23-17-5-3-2-4-16(17)21/h2-12,23H,1H3,(H,24,25). The largest absolute Gasteiger partial charge is 0.465 e. The molecule has 0 saturated carbocycles. The number of carbonyl (C=O) groups is 2. The van der Waals surface area contributed by atoms with Gasteiger partial charge in [0.1, 0.15) is 5.69 Å².